The van der Waals surface area contributed by atoms with Crippen LogP contribution in [0.1, 0.15) is 47.2 Å². The molecule has 0 saturated heterocycles. The van der Waals surface area contributed by atoms with Gasteiger partial charge in [0.15, 0.2) is 0 Å². The van der Waals surface area contributed by atoms with Crippen molar-refractivity contribution >= 4 is 31.5 Å². The molecule has 1 aliphatic rings. The van der Waals surface area contributed by atoms with Crippen molar-refractivity contribution in [2.45, 2.75) is 24.7 Å². The van der Waals surface area contributed by atoms with Crippen LogP contribution in [-0.4, -0.2) is 0 Å². The molecule has 1 aromatic heterocycles. The zero-order valence-electron chi connectivity index (χ0n) is 26.6. The summed E-state index contributed by atoms with van der Waals surface area (Å²) in [6, 6.07) is 63.4. The van der Waals surface area contributed by atoms with Gasteiger partial charge in [0, 0.05) is 25.6 Å². The van der Waals surface area contributed by atoms with Gasteiger partial charge in [0.05, 0.1) is 5.41 Å². The molecule has 8 aromatic rings. The Morgan fingerprint density at radius 1 is 0.404 bits per heavy atom. The lowest BCUT2D eigenvalue weighted by atomic mass is 9.64. The van der Waals surface area contributed by atoms with Crippen LogP contribution in [-0.2, 0) is 10.8 Å². The van der Waals surface area contributed by atoms with Gasteiger partial charge in [-0.1, -0.05) is 166 Å². The van der Waals surface area contributed by atoms with Gasteiger partial charge in [0.1, 0.15) is 0 Å². The summed E-state index contributed by atoms with van der Waals surface area (Å²) in [7, 11) is 0. The van der Waals surface area contributed by atoms with Crippen molar-refractivity contribution in [3.63, 3.8) is 0 Å². The Morgan fingerprint density at radius 3 is 1.77 bits per heavy atom. The van der Waals surface area contributed by atoms with E-state index in [4.69, 9.17) is 0 Å². The van der Waals surface area contributed by atoms with Crippen LogP contribution in [0.4, 0.5) is 0 Å². The number of benzene rings is 7. The van der Waals surface area contributed by atoms with E-state index in [0.717, 1.165) is 0 Å². The van der Waals surface area contributed by atoms with Crippen LogP contribution in [0, 0.1) is 0 Å². The fourth-order valence-corrected chi connectivity index (χ4v) is 9.21. The number of hydrogen-bond acceptors (Lipinski definition) is 1. The summed E-state index contributed by atoms with van der Waals surface area (Å²) in [5, 5.41) is 2.64. The molecule has 0 bridgehead atoms. The predicted molar refractivity (Wildman–Crippen MR) is 201 cm³/mol. The van der Waals surface area contributed by atoms with E-state index in [-0.39, 0.29) is 5.41 Å². The Kier molecular flexibility index (Phi) is 6.35. The van der Waals surface area contributed by atoms with Gasteiger partial charge in [-0.3, -0.25) is 0 Å². The van der Waals surface area contributed by atoms with Gasteiger partial charge in [-0.2, -0.15) is 0 Å². The molecule has 7 aromatic carbocycles. The first-order chi connectivity index (χ1) is 23.0. The third-order valence-electron chi connectivity index (χ3n) is 10.5. The monoisotopic (exact) mass is 618 g/mol. The van der Waals surface area contributed by atoms with Crippen LogP contribution >= 0.6 is 11.3 Å². The summed E-state index contributed by atoms with van der Waals surface area (Å²) < 4.78 is 2.65. The number of fused-ring (bicyclic) bond motifs is 6. The zero-order valence-corrected chi connectivity index (χ0v) is 27.4. The van der Waals surface area contributed by atoms with E-state index in [0.29, 0.717) is 0 Å². The Morgan fingerprint density at radius 2 is 0.957 bits per heavy atom. The largest absolute Gasteiger partial charge is 0.135 e. The molecule has 1 heteroatoms. The van der Waals surface area contributed by atoms with E-state index in [9.17, 15) is 0 Å². The molecule has 0 nitrogen and oxygen atoms in total. The number of thiophene rings is 1. The second-order valence-electron chi connectivity index (χ2n) is 13.3. The molecular weight excluding hydrogens is 585 g/mol. The van der Waals surface area contributed by atoms with E-state index in [1.54, 1.807) is 0 Å². The molecule has 0 radical (unpaired) electrons. The molecular formula is C46H34S. The molecule has 1 atom stereocenters. The lowest BCUT2D eigenvalue weighted by molar-refractivity contribution is 0.654. The van der Waals surface area contributed by atoms with E-state index < -0.39 is 5.41 Å². The second-order valence-corrected chi connectivity index (χ2v) is 14.4. The first kappa shape index (κ1) is 28.0. The molecule has 1 unspecified atom stereocenters. The first-order valence-corrected chi connectivity index (χ1v) is 17.2. The number of hydrogen-bond donors (Lipinski definition) is 0. The molecule has 0 amide bonds. The highest BCUT2D eigenvalue weighted by Gasteiger charge is 2.42. The van der Waals surface area contributed by atoms with Crippen molar-refractivity contribution < 1.29 is 0 Å². The minimum absolute atomic E-state index is 0.102. The summed E-state index contributed by atoms with van der Waals surface area (Å²) in [6.07, 6.45) is 0. The van der Waals surface area contributed by atoms with Crippen molar-refractivity contribution in [2.24, 2.45) is 0 Å². The quantitative estimate of drug-likeness (QED) is 0.168. The smallest absolute Gasteiger partial charge is 0.0701 e. The zero-order chi connectivity index (χ0) is 31.6. The number of rotatable bonds is 5. The molecule has 0 aliphatic heterocycles. The third kappa shape index (κ3) is 4.20. The van der Waals surface area contributed by atoms with Crippen molar-refractivity contribution in [2.75, 3.05) is 0 Å². The highest BCUT2D eigenvalue weighted by atomic mass is 32.1. The lowest BCUT2D eigenvalue weighted by Gasteiger charge is -2.38. The lowest BCUT2D eigenvalue weighted by Crippen LogP contribution is -2.31. The Bertz CT molecular complexity index is 2410. The fraction of sp³-hybridized carbons (Fsp3) is 0.0870. The molecule has 0 spiro atoms. The van der Waals surface area contributed by atoms with Crippen molar-refractivity contribution in [1.82, 2.24) is 0 Å². The maximum Gasteiger partial charge on any atom is 0.0701 e. The van der Waals surface area contributed by atoms with Crippen molar-refractivity contribution in [1.29, 1.82) is 0 Å². The standard InChI is InChI=1S/C46H34S/c1-45(2)41-19-11-9-17-37(41)38-27-25-36(30-42(38)45)46(33-15-7-4-8-16-33,34-23-21-32(22-24-34)31-13-5-3-6-14-31)35-26-28-44-40(29-35)39-18-10-12-20-43(39)47-44/h3-30H,1-2H3. The van der Waals surface area contributed by atoms with Gasteiger partial charge in [-0.25, -0.2) is 0 Å². The van der Waals surface area contributed by atoms with Gasteiger partial charge < -0.3 is 0 Å². The highest BCUT2D eigenvalue weighted by Crippen LogP contribution is 2.53. The predicted octanol–water partition coefficient (Wildman–Crippen LogP) is 12.4. The Labute approximate surface area is 280 Å². The van der Waals surface area contributed by atoms with E-state index in [1.165, 1.54) is 75.8 Å². The SMILES string of the molecule is CC1(C)c2ccccc2-c2ccc(C(c3ccccc3)(c3ccc(-c4ccccc4)cc3)c3ccc4sc5ccccc5c4c3)cc21. The van der Waals surface area contributed by atoms with Crippen molar-refractivity contribution in [3.8, 4) is 22.3 Å². The minimum Gasteiger partial charge on any atom is -0.135 e. The average molecular weight is 619 g/mol. The van der Waals surface area contributed by atoms with Gasteiger partial charge in [-0.15, -0.1) is 11.3 Å². The molecule has 224 valence electrons. The minimum atomic E-state index is -0.548. The summed E-state index contributed by atoms with van der Waals surface area (Å²) in [5.74, 6) is 0. The van der Waals surface area contributed by atoms with Crippen LogP contribution in [0.25, 0.3) is 42.4 Å². The van der Waals surface area contributed by atoms with Gasteiger partial charge >= 0.3 is 0 Å². The van der Waals surface area contributed by atoms with E-state index in [1.807, 2.05) is 11.3 Å². The Hall–Kier alpha value is -5.24. The van der Waals surface area contributed by atoms with Crippen molar-refractivity contribution in [3.05, 3.63) is 203 Å². The fourth-order valence-electron chi connectivity index (χ4n) is 8.13. The maximum absolute atomic E-state index is 2.52. The first-order valence-electron chi connectivity index (χ1n) is 16.4. The van der Waals surface area contributed by atoms with E-state index >= 15 is 0 Å². The van der Waals surface area contributed by atoms with Crippen LogP contribution in [0.2, 0.25) is 0 Å². The third-order valence-corrected chi connectivity index (χ3v) is 11.6. The van der Waals surface area contributed by atoms with Gasteiger partial charge in [0.2, 0.25) is 0 Å². The molecule has 0 N–H and O–H groups in total. The topological polar surface area (TPSA) is 0 Å². The normalized spacial score (nSPS) is 14.5. The molecule has 9 rings (SSSR count). The molecule has 47 heavy (non-hydrogen) atoms. The van der Waals surface area contributed by atoms with E-state index in [2.05, 4.69) is 184 Å². The summed E-state index contributed by atoms with van der Waals surface area (Å²) >= 11 is 1.88. The van der Waals surface area contributed by atoms with Crippen LogP contribution in [0.5, 0.6) is 0 Å². The van der Waals surface area contributed by atoms with Gasteiger partial charge in [-0.05, 0) is 73.8 Å². The average Bonchev–Trinajstić information content (AvgIpc) is 3.61. The molecule has 1 heterocycles. The summed E-state index contributed by atoms with van der Waals surface area (Å²) in [5.41, 5.74) is 12.4. The van der Waals surface area contributed by atoms with Crippen LogP contribution in [0.3, 0.4) is 0 Å². The second kappa shape index (κ2) is 10.7. The summed E-state index contributed by atoms with van der Waals surface area (Å²) in [4.78, 5) is 0. The van der Waals surface area contributed by atoms with Crippen LogP contribution < -0.4 is 0 Å². The maximum atomic E-state index is 2.52. The Balaban J connectivity index is 1.36. The highest BCUT2D eigenvalue weighted by molar-refractivity contribution is 7.25. The van der Waals surface area contributed by atoms with Gasteiger partial charge in [0.25, 0.3) is 0 Å². The summed E-state index contributed by atoms with van der Waals surface area (Å²) in [6.45, 7) is 4.76. The molecule has 0 fully saturated rings. The molecule has 1 aliphatic carbocycles. The van der Waals surface area contributed by atoms with Crippen LogP contribution in [0.15, 0.2) is 170 Å². The molecule has 0 saturated carbocycles.